The molecular formula is C17H18F3NO2. The molecule has 1 heterocycles. The van der Waals surface area contributed by atoms with Gasteiger partial charge >= 0.3 is 6.18 Å². The van der Waals surface area contributed by atoms with E-state index in [0.717, 1.165) is 5.56 Å². The summed E-state index contributed by atoms with van der Waals surface area (Å²) in [6, 6.07) is 9.65. The van der Waals surface area contributed by atoms with Crippen molar-refractivity contribution >= 4 is 0 Å². The molecule has 3 nitrogen and oxygen atoms in total. The van der Waals surface area contributed by atoms with E-state index in [2.05, 4.69) is 4.98 Å². The number of nitrogens with one attached hydrogen (secondary N) is 1. The van der Waals surface area contributed by atoms with Crippen molar-refractivity contribution in [2.45, 2.75) is 39.0 Å². The molecule has 23 heavy (non-hydrogen) atoms. The van der Waals surface area contributed by atoms with Gasteiger partial charge in [-0.2, -0.15) is 13.2 Å². The monoisotopic (exact) mass is 325 g/mol. The first-order valence-electron chi connectivity index (χ1n) is 7.11. The minimum absolute atomic E-state index is 0.0747. The Morgan fingerprint density at radius 3 is 2.22 bits per heavy atom. The van der Waals surface area contributed by atoms with E-state index < -0.39 is 22.7 Å². The summed E-state index contributed by atoms with van der Waals surface area (Å²) in [7, 11) is 0. The van der Waals surface area contributed by atoms with Crippen LogP contribution in [0.5, 0.6) is 5.75 Å². The predicted molar refractivity (Wildman–Crippen MR) is 81.5 cm³/mol. The van der Waals surface area contributed by atoms with E-state index in [1.165, 1.54) is 0 Å². The summed E-state index contributed by atoms with van der Waals surface area (Å²) in [6.07, 6.45) is -4.61. The normalized spacial score (nSPS) is 12.3. The van der Waals surface area contributed by atoms with Crippen LogP contribution >= 0.6 is 0 Å². The van der Waals surface area contributed by atoms with Crippen molar-refractivity contribution in [1.29, 1.82) is 0 Å². The second-order valence-electron chi connectivity index (χ2n) is 6.27. The van der Waals surface area contributed by atoms with Crippen molar-refractivity contribution in [3.63, 3.8) is 0 Å². The highest BCUT2D eigenvalue weighted by Gasteiger charge is 2.35. The number of benzene rings is 1. The zero-order valence-electron chi connectivity index (χ0n) is 13.1. The fourth-order valence-electron chi connectivity index (χ4n) is 2.10. The molecule has 0 radical (unpaired) electrons. The summed E-state index contributed by atoms with van der Waals surface area (Å²) in [5.41, 5.74) is -1.59. The average molecular weight is 325 g/mol. The van der Waals surface area contributed by atoms with Gasteiger partial charge in [0.2, 0.25) is 5.43 Å². The molecular weight excluding hydrogens is 307 g/mol. The van der Waals surface area contributed by atoms with Gasteiger partial charge in [0.15, 0.2) is 5.75 Å². The first-order chi connectivity index (χ1) is 10.6. The SMILES string of the molecule is CC(C)(C)c1[nH]c(C(F)(F)F)cc(=O)c1OCc1ccccc1. The van der Waals surface area contributed by atoms with Crippen molar-refractivity contribution in [3.05, 3.63) is 63.6 Å². The lowest BCUT2D eigenvalue weighted by molar-refractivity contribution is -0.141. The smallest absolute Gasteiger partial charge is 0.431 e. The Labute approximate surface area is 132 Å². The second kappa shape index (κ2) is 6.10. The fraction of sp³-hybridized carbons (Fsp3) is 0.353. The number of rotatable bonds is 3. The van der Waals surface area contributed by atoms with Crippen LogP contribution in [0.25, 0.3) is 0 Å². The Morgan fingerprint density at radius 2 is 1.70 bits per heavy atom. The molecule has 2 rings (SSSR count). The third-order valence-electron chi connectivity index (χ3n) is 3.27. The average Bonchev–Trinajstić information content (AvgIpc) is 2.44. The summed E-state index contributed by atoms with van der Waals surface area (Å²) < 4.78 is 44.3. The van der Waals surface area contributed by atoms with Gasteiger partial charge in [-0.15, -0.1) is 0 Å². The third-order valence-corrected chi connectivity index (χ3v) is 3.27. The van der Waals surface area contributed by atoms with Gasteiger partial charge in [0, 0.05) is 11.5 Å². The number of aromatic amines is 1. The zero-order chi connectivity index (χ0) is 17.3. The third kappa shape index (κ3) is 4.15. The molecule has 0 aliphatic rings. The number of hydrogen-bond acceptors (Lipinski definition) is 2. The quantitative estimate of drug-likeness (QED) is 0.915. The Hall–Kier alpha value is -2.24. The van der Waals surface area contributed by atoms with Crippen LogP contribution in [0, 0.1) is 0 Å². The van der Waals surface area contributed by atoms with Crippen LogP contribution in [0.3, 0.4) is 0 Å². The molecule has 0 fully saturated rings. The maximum atomic E-state index is 12.9. The Kier molecular flexibility index (Phi) is 4.54. The topological polar surface area (TPSA) is 42.1 Å². The van der Waals surface area contributed by atoms with Crippen molar-refractivity contribution < 1.29 is 17.9 Å². The number of alkyl halides is 3. The summed E-state index contributed by atoms with van der Waals surface area (Å²) in [6.45, 7) is 5.26. The number of hydrogen-bond donors (Lipinski definition) is 1. The highest BCUT2D eigenvalue weighted by Crippen LogP contribution is 2.32. The molecule has 124 valence electrons. The molecule has 6 heteroatoms. The predicted octanol–water partition coefficient (Wildman–Crippen LogP) is 4.27. The van der Waals surface area contributed by atoms with E-state index in [1.54, 1.807) is 20.8 Å². The molecule has 0 aliphatic carbocycles. The standard InChI is InChI=1S/C17H18F3NO2/c1-16(2,3)15-14(23-10-11-7-5-4-6-8-11)12(22)9-13(21-15)17(18,19)20/h4-9H,10H2,1-3H3,(H,21,22). The maximum Gasteiger partial charge on any atom is 0.431 e. The van der Waals surface area contributed by atoms with Crippen LogP contribution in [0.2, 0.25) is 0 Å². The van der Waals surface area contributed by atoms with Gasteiger partial charge in [-0.05, 0) is 5.56 Å². The number of pyridine rings is 1. The highest BCUT2D eigenvalue weighted by atomic mass is 19.4. The Morgan fingerprint density at radius 1 is 1.09 bits per heavy atom. The Bertz CT molecular complexity index is 728. The molecule has 0 spiro atoms. The van der Waals surface area contributed by atoms with Gasteiger partial charge in [0.25, 0.3) is 0 Å². The molecule has 1 N–H and O–H groups in total. The molecule has 0 aliphatic heterocycles. The van der Waals surface area contributed by atoms with Crippen LogP contribution in [0.1, 0.15) is 37.7 Å². The van der Waals surface area contributed by atoms with Crippen LogP contribution < -0.4 is 10.2 Å². The van der Waals surface area contributed by atoms with E-state index in [9.17, 15) is 18.0 Å². The van der Waals surface area contributed by atoms with Gasteiger partial charge in [-0.25, -0.2) is 0 Å². The van der Waals surface area contributed by atoms with Crippen LogP contribution in [0.15, 0.2) is 41.2 Å². The zero-order valence-corrected chi connectivity index (χ0v) is 13.1. The first kappa shape index (κ1) is 17.1. The molecule has 2 aromatic rings. The van der Waals surface area contributed by atoms with Gasteiger partial charge in [-0.1, -0.05) is 51.1 Å². The Balaban J connectivity index is 2.44. The van der Waals surface area contributed by atoms with Crippen molar-refractivity contribution in [2.24, 2.45) is 0 Å². The molecule has 0 amide bonds. The van der Waals surface area contributed by atoms with Crippen molar-refractivity contribution in [2.75, 3.05) is 0 Å². The molecule has 1 aromatic heterocycles. The van der Waals surface area contributed by atoms with Crippen LogP contribution in [-0.4, -0.2) is 4.98 Å². The molecule has 0 unspecified atom stereocenters. The minimum atomic E-state index is -4.61. The highest BCUT2D eigenvalue weighted by molar-refractivity contribution is 5.35. The second-order valence-corrected chi connectivity index (χ2v) is 6.27. The van der Waals surface area contributed by atoms with E-state index in [4.69, 9.17) is 4.74 Å². The first-order valence-corrected chi connectivity index (χ1v) is 7.11. The van der Waals surface area contributed by atoms with Crippen LogP contribution in [0.4, 0.5) is 13.2 Å². The van der Waals surface area contributed by atoms with Gasteiger partial charge in [0.1, 0.15) is 12.3 Å². The van der Waals surface area contributed by atoms with Crippen LogP contribution in [-0.2, 0) is 18.2 Å². The molecule has 1 aromatic carbocycles. The molecule has 0 bridgehead atoms. The lowest BCUT2D eigenvalue weighted by Gasteiger charge is -2.23. The lowest BCUT2D eigenvalue weighted by Crippen LogP contribution is -2.24. The number of H-pyrrole nitrogens is 1. The van der Waals surface area contributed by atoms with E-state index in [1.807, 2.05) is 30.3 Å². The molecule has 0 saturated carbocycles. The summed E-state index contributed by atoms with van der Waals surface area (Å²) in [4.78, 5) is 14.5. The largest absolute Gasteiger partial charge is 0.483 e. The molecule has 0 atom stereocenters. The van der Waals surface area contributed by atoms with Crippen molar-refractivity contribution in [3.8, 4) is 5.75 Å². The minimum Gasteiger partial charge on any atom is -0.483 e. The number of aromatic nitrogens is 1. The number of halogens is 3. The molecule has 0 saturated heterocycles. The maximum absolute atomic E-state index is 12.9. The van der Waals surface area contributed by atoms with Gasteiger partial charge in [-0.3, -0.25) is 4.79 Å². The van der Waals surface area contributed by atoms with E-state index >= 15 is 0 Å². The fourth-order valence-corrected chi connectivity index (χ4v) is 2.10. The van der Waals surface area contributed by atoms with E-state index in [-0.39, 0.29) is 18.1 Å². The lowest BCUT2D eigenvalue weighted by atomic mass is 9.90. The van der Waals surface area contributed by atoms with Gasteiger partial charge < -0.3 is 9.72 Å². The summed E-state index contributed by atoms with van der Waals surface area (Å²) >= 11 is 0. The number of ether oxygens (including phenoxy) is 1. The summed E-state index contributed by atoms with van der Waals surface area (Å²) in [5, 5.41) is 0. The van der Waals surface area contributed by atoms with Crippen molar-refractivity contribution in [1.82, 2.24) is 4.98 Å². The van der Waals surface area contributed by atoms with Gasteiger partial charge in [0.05, 0.1) is 5.69 Å². The summed E-state index contributed by atoms with van der Waals surface area (Å²) in [5.74, 6) is -0.0747. The van der Waals surface area contributed by atoms with E-state index in [0.29, 0.717) is 6.07 Å².